The molecule has 1 fully saturated rings. The van der Waals surface area contributed by atoms with Gasteiger partial charge in [-0.25, -0.2) is 4.99 Å². The number of hydrogen-bond acceptors (Lipinski definition) is 4. The summed E-state index contributed by atoms with van der Waals surface area (Å²) >= 11 is 0. The number of ether oxygens (including phenoxy) is 1. The van der Waals surface area contributed by atoms with Gasteiger partial charge in [-0.1, -0.05) is 0 Å². The Kier molecular flexibility index (Phi) is 1.54. The molecule has 4 nitrogen and oxygen atoms in total. The molecular formula is C7H11N3O. The lowest BCUT2D eigenvalue weighted by Gasteiger charge is -2.28. The summed E-state index contributed by atoms with van der Waals surface area (Å²) in [6, 6.07) is 0.362. The van der Waals surface area contributed by atoms with E-state index in [0.717, 1.165) is 18.6 Å². The van der Waals surface area contributed by atoms with Crippen LogP contribution >= 0.6 is 0 Å². The second kappa shape index (κ2) is 2.54. The van der Waals surface area contributed by atoms with Crippen LogP contribution in [0.3, 0.4) is 0 Å². The molecule has 4 heteroatoms. The van der Waals surface area contributed by atoms with Gasteiger partial charge in [-0.05, 0) is 6.42 Å². The van der Waals surface area contributed by atoms with Crippen LogP contribution in [0.15, 0.2) is 16.4 Å². The fourth-order valence-electron chi connectivity index (χ4n) is 1.37. The zero-order valence-electron chi connectivity index (χ0n) is 6.21. The first-order valence-corrected chi connectivity index (χ1v) is 3.73. The molecule has 0 spiro atoms. The second-order valence-corrected chi connectivity index (χ2v) is 2.73. The lowest BCUT2D eigenvalue weighted by atomic mass is 10.0. The average Bonchev–Trinajstić information content (AvgIpc) is 2.06. The average molecular weight is 153 g/mol. The molecular weight excluding hydrogens is 142 g/mol. The van der Waals surface area contributed by atoms with E-state index >= 15 is 0 Å². The molecule has 2 aliphatic heterocycles. The van der Waals surface area contributed by atoms with Crippen LogP contribution in [-0.2, 0) is 4.74 Å². The summed E-state index contributed by atoms with van der Waals surface area (Å²) in [5.74, 6) is 0.619. The van der Waals surface area contributed by atoms with Crippen LogP contribution in [0.1, 0.15) is 6.42 Å². The quantitative estimate of drug-likeness (QED) is 0.496. The van der Waals surface area contributed by atoms with E-state index in [4.69, 9.17) is 10.5 Å². The predicted molar refractivity (Wildman–Crippen MR) is 42.1 cm³/mol. The van der Waals surface area contributed by atoms with E-state index in [-0.39, 0.29) is 0 Å². The molecule has 0 radical (unpaired) electrons. The van der Waals surface area contributed by atoms with E-state index in [9.17, 15) is 0 Å². The number of aliphatic imine (C=N–C) groups is 1. The molecule has 1 atom stereocenters. The minimum absolute atomic E-state index is 0.362. The van der Waals surface area contributed by atoms with Crippen molar-refractivity contribution in [2.75, 3.05) is 13.2 Å². The predicted octanol–water partition coefficient (Wildman–Crippen LogP) is -0.423. The van der Waals surface area contributed by atoms with Crippen molar-refractivity contribution in [3.05, 3.63) is 11.4 Å². The summed E-state index contributed by atoms with van der Waals surface area (Å²) in [5, 5.41) is 3.14. The molecule has 2 heterocycles. The summed E-state index contributed by atoms with van der Waals surface area (Å²) in [6.45, 7) is 1.43. The van der Waals surface area contributed by atoms with Gasteiger partial charge in [0.1, 0.15) is 5.82 Å². The van der Waals surface area contributed by atoms with Gasteiger partial charge in [-0.2, -0.15) is 0 Å². The molecule has 0 bridgehead atoms. The van der Waals surface area contributed by atoms with Gasteiger partial charge in [0.15, 0.2) is 0 Å². The Bertz CT molecular complexity index is 222. The molecule has 60 valence electrons. The van der Waals surface area contributed by atoms with Crippen LogP contribution in [0.5, 0.6) is 0 Å². The molecule has 2 aliphatic rings. The molecule has 2 rings (SSSR count). The van der Waals surface area contributed by atoms with Crippen LogP contribution in [0.25, 0.3) is 0 Å². The number of rotatable bonds is 0. The van der Waals surface area contributed by atoms with Crippen molar-refractivity contribution < 1.29 is 4.74 Å². The smallest absolute Gasteiger partial charge is 0.128 e. The molecule has 0 aromatic carbocycles. The van der Waals surface area contributed by atoms with E-state index in [1.54, 1.807) is 6.34 Å². The first-order valence-electron chi connectivity index (χ1n) is 3.73. The Balaban J connectivity index is 2.25. The van der Waals surface area contributed by atoms with Gasteiger partial charge in [0.2, 0.25) is 0 Å². The van der Waals surface area contributed by atoms with Gasteiger partial charge in [0.25, 0.3) is 0 Å². The highest BCUT2D eigenvalue weighted by atomic mass is 16.5. The third kappa shape index (κ3) is 1.09. The van der Waals surface area contributed by atoms with Gasteiger partial charge in [-0.15, -0.1) is 0 Å². The van der Waals surface area contributed by atoms with Gasteiger partial charge in [0.05, 0.1) is 19.0 Å². The Morgan fingerprint density at radius 2 is 2.64 bits per heavy atom. The van der Waals surface area contributed by atoms with Gasteiger partial charge in [-0.3, -0.25) is 0 Å². The highest BCUT2D eigenvalue weighted by Crippen LogP contribution is 2.17. The van der Waals surface area contributed by atoms with E-state index in [2.05, 4.69) is 10.3 Å². The van der Waals surface area contributed by atoms with Crippen molar-refractivity contribution in [3.8, 4) is 0 Å². The highest BCUT2D eigenvalue weighted by Gasteiger charge is 2.22. The summed E-state index contributed by atoms with van der Waals surface area (Å²) in [6.07, 6.45) is 2.65. The summed E-state index contributed by atoms with van der Waals surface area (Å²) < 4.78 is 5.26. The Morgan fingerprint density at radius 3 is 3.45 bits per heavy atom. The minimum atomic E-state index is 0.362. The summed E-state index contributed by atoms with van der Waals surface area (Å²) in [5.41, 5.74) is 6.75. The van der Waals surface area contributed by atoms with Crippen LogP contribution in [0.2, 0.25) is 0 Å². The summed E-state index contributed by atoms with van der Waals surface area (Å²) in [4.78, 5) is 3.96. The fraction of sp³-hybridized carbons (Fsp3) is 0.571. The zero-order valence-corrected chi connectivity index (χ0v) is 6.21. The van der Waals surface area contributed by atoms with Gasteiger partial charge < -0.3 is 15.8 Å². The lowest BCUT2D eigenvalue weighted by molar-refractivity contribution is 0.117. The van der Waals surface area contributed by atoms with Crippen molar-refractivity contribution in [2.45, 2.75) is 12.5 Å². The second-order valence-electron chi connectivity index (χ2n) is 2.73. The van der Waals surface area contributed by atoms with Crippen LogP contribution < -0.4 is 11.1 Å². The maximum Gasteiger partial charge on any atom is 0.128 e. The topological polar surface area (TPSA) is 59.6 Å². The van der Waals surface area contributed by atoms with E-state index in [1.807, 2.05) is 0 Å². The fourth-order valence-corrected chi connectivity index (χ4v) is 1.37. The van der Waals surface area contributed by atoms with Gasteiger partial charge >= 0.3 is 0 Å². The number of nitrogens with two attached hydrogens (primary N) is 1. The number of fused-ring (bicyclic) bond motifs is 1. The monoisotopic (exact) mass is 153 g/mol. The van der Waals surface area contributed by atoms with Crippen molar-refractivity contribution in [3.63, 3.8) is 0 Å². The Morgan fingerprint density at radius 1 is 1.73 bits per heavy atom. The maximum atomic E-state index is 5.65. The van der Waals surface area contributed by atoms with E-state index in [1.165, 1.54) is 0 Å². The molecule has 1 unspecified atom stereocenters. The molecule has 1 saturated heterocycles. The molecule has 0 amide bonds. The van der Waals surface area contributed by atoms with Crippen molar-refractivity contribution in [1.82, 2.24) is 5.32 Å². The van der Waals surface area contributed by atoms with Gasteiger partial charge in [0, 0.05) is 12.2 Å². The lowest BCUT2D eigenvalue weighted by Crippen LogP contribution is -2.40. The van der Waals surface area contributed by atoms with E-state index < -0.39 is 0 Å². The first kappa shape index (κ1) is 6.67. The SMILES string of the molecule is NC1=C2COCCC2NC=N1. The van der Waals surface area contributed by atoms with Crippen molar-refractivity contribution in [1.29, 1.82) is 0 Å². The largest absolute Gasteiger partial charge is 0.384 e. The van der Waals surface area contributed by atoms with Crippen LogP contribution in [0.4, 0.5) is 0 Å². The number of nitrogens with one attached hydrogen (secondary N) is 1. The maximum absolute atomic E-state index is 5.65. The molecule has 0 aromatic heterocycles. The molecule has 0 aliphatic carbocycles. The third-order valence-electron chi connectivity index (χ3n) is 2.04. The van der Waals surface area contributed by atoms with E-state index in [0.29, 0.717) is 18.5 Å². The normalized spacial score (nSPS) is 29.6. The molecule has 3 N–H and O–H groups in total. The zero-order chi connectivity index (χ0) is 7.68. The number of nitrogens with zero attached hydrogens (tertiary/aromatic N) is 1. The van der Waals surface area contributed by atoms with Crippen molar-refractivity contribution in [2.24, 2.45) is 10.7 Å². The van der Waals surface area contributed by atoms with Crippen molar-refractivity contribution >= 4 is 6.34 Å². The Labute approximate surface area is 65.1 Å². The van der Waals surface area contributed by atoms with Crippen LogP contribution in [-0.4, -0.2) is 25.6 Å². The minimum Gasteiger partial charge on any atom is -0.384 e. The standard InChI is InChI=1S/C7H11N3O/c8-7-5-3-11-2-1-6(5)9-4-10-7/h4,6H,1-3,8H2,(H,9,10). The first-order chi connectivity index (χ1) is 5.38. The summed E-state index contributed by atoms with van der Waals surface area (Å²) in [7, 11) is 0. The number of hydrogen-bond donors (Lipinski definition) is 2. The Hall–Kier alpha value is -1.03. The molecule has 0 aromatic rings. The molecule has 0 saturated carbocycles. The van der Waals surface area contributed by atoms with Crippen LogP contribution in [0, 0.1) is 0 Å². The third-order valence-corrected chi connectivity index (χ3v) is 2.04. The molecule has 11 heavy (non-hydrogen) atoms. The highest BCUT2D eigenvalue weighted by molar-refractivity contribution is 5.60.